The summed E-state index contributed by atoms with van der Waals surface area (Å²) in [5.41, 5.74) is 2.63. The van der Waals surface area contributed by atoms with Crippen LogP contribution in [0.3, 0.4) is 0 Å². The topological polar surface area (TPSA) is 190 Å². The van der Waals surface area contributed by atoms with E-state index in [4.69, 9.17) is 5.73 Å². The van der Waals surface area contributed by atoms with Gasteiger partial charge in [-0.1, -0.05) is 34.1 Å². The standard InChI is InChI=1S/C29H28BrN3O8/c1-33(2)22-16-11-14-10-13-5-8-17(32-18(34)9-12-3-6-15(30)7-4-12)23(35)19(13)24(36)20(14)26(38)29(16,41)27(39)21(25(22)37)28(31)40/h3-8,14,16,22,35-36,39,41H,9-11H2,1-2H3,(H2,31,40)(H,32,34). The van der Waals surface area contributed by atoms with Gasteiger partial charge in [-0.2, -0.15) is 0 Å². The van der Waals surface area contributed by atoms with E-state index in [0.717, 1.165) is 10.0 Å². The Morgan fingerprint density at radius 3 is 2.37 bits per heavy atom. The number of carbonyl (C=O) groups is 4. The minimum absolute atomic E-state index is 0.00178. The first kappa shape index (κ1) is 28.5. The number of hydrogen-bond acceptors (Lipinski definition) is 9. The van der Waals surface area contributed by atoms with E-state index < -0.39 is 69.7 Å². The third-order valence-electron chi connectivity index (χ3n) is 8.15. The second-order valence-electron chi connectivity index (χ2n) is 10.8. The second kappa shape index (κ2) is 10.1. The number of aromatic hydroxyl groups is 1. The first-order chi connectivity index (χ1) is 19.3. The van der Waals surface area contributed by atoms with E-state index in [2.05, 4.69) is 21.2 Å². The summed E-state index contributed by atoms with van der Waals surface area (Å²) < 4.78 is 0.857. The van der Waals surface area contributed by atoms with Crippen molar-refractivity contribution in [2.24, 2.45) is 17.6 Å². The molecule has 0 heterocycles. The Morgan fingerprint density at radius 2 is 1.76 bits per heavy atom. The highest BCUT2D eigenvalue weighted by Gasteiger charge is 2.64. The van der Waals surface area contributed by atoms with Crippen LogP contribution in [0.2, 0.25) is 0 Å². The first-order valence-electron chi connectivity index (χ1n) is 12.8. The zero-order valence-electron chi connectivity index (χ0n) is 22.1. The molecular weight excluding hydrogens is 598 g/mol. The van der Waals surface area contributed by atoms with Crippen molar-refractivity contribution in [3.05, 3.63) is 74.5 Å². The smallest absolute Gasteiger partial charge is 0.255 e. The van der Waals surface area contributed by atoms with Gasteiger partial charge in [-0.15, -0.1) is 0 Å². The van der Waals surface area contributed by atoms with Crippen molar-refractivity contribution in [1.29, 1.82) is 0 Å². The summed E-state index contributed by atoms with van der Waals surface area (Å²) in [5, 5.41) is 47.6. The third-order valence-corrected chi connectivity index (χ3v) is 8.67. The molecule has 2 aromatic carbocycles. The summed E-state index contributed by atoms with van der Waals surface area (Å²) in [4.78, 5) is 53.2. The molecule has 41 heavy (non-hydrogen) atoms. The van der Waals surface area contributed by atoms with Crippen LogP contribution in [0.25, 0.3) is 5.76 Å². The number of amides is 2. The SMILES string of the molecule is CN(C)C1C(=O)C(C(N)=O)=C(O)C2(O)C(=O)C3=C(O)c4c(ccc(NC(=O)Cc5ccc(Br)cc5)c4O)CC3CC12. The van der Waals surface area contributed by atoms with Crippen LogP contribution in [0, 0.1) is 11.8 Å². The molecule has 7 N–H and O–H groups in total. The number of Topliss-reactive ketones (excluding diaryl/α,β-unsaturated/α-hetero) is 2. The van der Waals surface area contributed by atoms with Gasteiger partial charge in [0.1, 0.15) is 22.8 Å². The van der Waals surface area contributed by atoms with Crippen LogP contribution < -0.4 is 11.1 Å². The van der Waals surface area contributed by atoms with Gasteiger partial charge in [-0.05, 0) is 62.2 Å². The molecule has 4 unspecified atom stereocenters. The fraction of sp³-hybridized carbons (Fsp3) is 0.310. The number of phenols is 1. The van der Waals surface area contributed by atoms with Crippen molar-refractivity contribution in [3.63, 3.8) is 0 Å². The predicted octanol–water partition coefficient (Wildman–Crippen LogP) is 1.91. The average molecular weight is 626 g/mol. The minimum Gasteiger partial charge on any atom is -0.508 e. The maximum atomic E-state index is 13.9. The average Bonchev–Trinajstić information content (AvgIpc) is 2.89. The molecule has 0 radical (unpaired) electrons. The Labute approximate surface area is 243 Å². The van der Waals surface area contributed by atoms with E-state index in [0.29, 0.717) is 5.56 Å². The fourth-order valence-electron chi connectivity index (χ4n) is 6.30. The van der Waals surface area contributed by atoms with Gasteiger partial charge in [-0.25, -0.2) is 0 Å². The lowest BCUT2D eigenvalue weighted by atomic mass is 9.57. The summed E-state index contributed by atoms with van der Waals surface area (Å²) in [6.07, 6.45) is 0.179. The van der Waals surface area contributed by atoms with E-state index in [1.165, 1.54) is 25.1 Å². The van der Waals surface area contributed by atoms with E-state index >= 15 is 0 Å². The van der Waals surface area contributed by atoms with Crippen LogP contribution >= 0.6 is 15.9 Å². The molecule has 3 aliphatic carbocycles. The van der Waals surface area contributed by atoms with Gasteiger partial charge in [0.05, 0.1) is 23.7 Å². The number of hydrogen-bond donors (Lipinski definition) is 6. The number of phenolic OH excluding ortho intramolecular Hbond substituents is 1. The zero-order chi connectivity index (χ0) is 30.0. The number of fused-ring (bicyclic) bond motifs is 3. The van der Waals surface area contributed by atoms with Gasteiger partial charge in [0.2, 0.25) is 11.7 Å². The number of ketones is 2. The lowest BCUT2D eigenvalue weighted by molar-refractivity contribution is -0.153. The van der Waals surface area contributed by atoms with Crippen molar-refractivity contribution < 1.29 is 39.6 Å². The normalized spacial score (nSPS) is 25.5. The number of nitrogens with two attached hydrogens (primary N) is 1. The Morgan fingerprint density at radius 1 is 1.10 bits per heavy atom. The summed E-state index contributed by atoms with van der Waals surface area (Å²) in [5.74, 6) is -7.69. The molecule has 0 spiro atoms. The number of benzene rings is 2. The molecule has 4 atom stereocenters. The molecule has 5 rings (SSSR count). The van der Waals surface area contributed by atoms with Gasteiger partial charge in [0.25, 0.3) is 5.91 Å². The Balaban J connectivity index is 1.55. The Kier molecular flexibility index (Phi) is 7.04. The maximum Gasteiger partial charge on any atom is 0.255 e. The van der Waals surface area contributed by atoms with Crippen LogP contribution in [0.1, 0.15) is 23.1 Å². The number of aliphatic hydroxyl groups is 3. The van der Waals surface area contributed by atoms with Crippen LogP contribution in [0.5, 0.6) is 5.75 Å². The van der Waals surface area contributed by atoms with Crippen molar-refractivity contribution in [3.8, 4) is 5.75 Å². The number of anilines is 1. The first-order valence-corrected chi connectivity index (χ1v) is 13.6. The molecule has 1 fully saturated rings. The lowest BCUT2D eigenvalue weighted by Crippen LogP contribution is -2.65. The number of nitrogens with one attached hydrogen (secondary N) is 1. The highest BCUT2D eigenvalue weighted by atomic mass is 79.9. The summed E-state index contributed by atoms with van der Waals surface area (Å²) in [7, 11) is 3.08. The van der Waals surface area contributed by atoms with E-state index in [-0.39, 0.29) is 36.1 Å². The molecule has 214 valence electrons. The molecular formula is C29H28BrN3O8. The highest BCUT2D eigenvalue weighted by Crippen LogP contribution is 2.53. The number of carbonyl (C=O) groups excluding carboxylic acids is 4. The van der Waals surface area contributed by atoms with E-state index in [1.807, 2.05) is 0 Å². The monoisotopic (exact) mass is 625 g/mol. The maximum absolute atomic E-state index is 13.9. The molecule has 11 nitrogen and oxygen atoms in total. The van der Waals surface area contributed by atoms with Crippen molar-refractivity contribution in [2.45, 2.75) is 30.9 Å². The molecule has 0 aliphatic heterocycles. The van der Waals surface area contributed by atoms with Gasteiger partial charge in [0, 0.05) is 16.0 Å². The number of likely N-dealkylation sites (N-methyl/N-ethyl adjacent to an activating group) is 1. The molecule has 3 aliphatic rings. The second-order valence-corrected chi connectivity index (χ2v) is 11.7. The number of halogens is 1. The third kappa shape index (κ3) is 4.42. The van der Waals surface area contributed by atoms with Crippen LogP contribution in [-0.4, -0.2) is 74.4 Å². The number of rotatable bonds is 5. The molecule has 0 bridgehead atoms. The van der Waals surface area contributed by atoms with Crippen molar-refractivity contribution in [2.75, 3.05) is 19.4 Å². The van der Waals surface area contributed by atoms with E-state index in [1.54, 1.807) is 30.3 Å². The number of nitrogens with zero attached hydrogens (tertiary/aromatic N) is 1. The van der Waals surface area contributed by atoms with Gasteiger partial charge in [-0.3, -0.25) is 24.1 Å². The zero-order valence-corrected chi connectivity index (χ0v) is 23.7. The summed E-state index contributed by atoms with van der Waals surface area (Å²) in [6, 6.07) is 9.08. The summed E-state index contributed by atoms with van der Waals surface area (Å²) >= 11 is 3.34. The molecule has 0 saturated heterocycles. The largest absolute Gasteiger partial charge is 0.508 e. The van der Waals surface area contributed by atoms with Gasteiger partial charge in [0.15, 0.2) is 11.4 Å². The van der Waals surface area contributed by atoms with Crippen molar-refractivity contribution >= 4 is 50.8 Å². The summed E-state index contributed by atoms with van der Waals surface area (Å²) in [6.45, 7) is 0. The van der Waals surface area contributed by atoms with E-state index in [9.17, 15) is 39.6 Å². The van der Waals surface area contributed by atoms with Crippen molar-refractivity contribution in [1.82, 2.24) is 4.90 Å². The molecule has 0 aromatic heterocycles. The van der Waals surface area contributed by atoms with Gasteiger partial charge < -0.3 is 31.5 Å². The Bertz CT molecular complexity index is 1580. The van der Waals surface area contributed by atoms with Crippen LogP contribution in [0.4, 0.5) is 5.69 Å². The van der Waals surface area contributed by atoms with Crippen LogP contribution in [0.15, 0.2) is 57.8 Å². The lowest BCUT2D eigenvalue weighted by Gasteiger charge is -2.50. The molecule has 12 heteroatoms. The van der Waals surface area contributed by atoms with Crippen LogP contribution in [-0.2, 0) is 32.0 Å². The molecule has 2 aromatic rings. The van der Waals surface area contributed by atoms with Gasteiger partial charge >= 0.3 is 0 Å². The minimum atomic E-state index is -2.71. The Hall–Kier alpha value is -4.00. The molecule has 2 amide bonds. The predicted molar refractivity (Wildman–Crippen MR) is 151 cm³/mol. The molecule has 1 saturated carbocycles. The number of aliphatic hydroxyl groups excluding tert-OH is 2. The highest BCUT2D eigenvalue weighted by molar-refractivity contribution is 9.10. The quantitative estimate of drug-likeness (QED) is 0.213. The fourth-order valence-corrected chi connectivity index (χ4v) is 6.57. The number of primary amides is 1.